The lowest BCUT2D eigenvalue weighted by Crippen LogP contribution is -2.46. The number of benzene rings is 1. The van der Waals surface area contributed by atoms with Gasteiger partial charge in [0.1, 0.15) is 0 Å². The van der Waals surface area contributed by atoms with Crippen molar-refractivity contribution in [2.45, 2.75) is 39.8 Å². The van der Waals surface area contributed by atoms with Crippen molar-refractivity contribution in [2.75, 3.05) is 39.5 Å². The summed E-state index contributed by atoms with van der Waals surface area (Å²) in [5.74, 6) is 0. The van der Waals surface area contributed by atoms with Gasteiger partial charge in [0.15, 0.2) is 0 Å². The van der Waals surface area contributed by atoms with Crippen molar-refractivity contribution < 1.29 is 13.3 Å². The van der Waals surface area contributed by atoms with Gasteiger partial charge in [0, 0.05) is 45.5 Å². The van der Waals surface area contributed by atoms with Crippen LogP contribution in [0.3, 0.4) is 0 Å². The van der Waals surface area contributed by atoms with E-state index in [0.717, 1.165) is 38.6 Å². The largest absolute Gasteiger partial charge is 0.500 e. The summed E-state index contributed by atoms with van der Waals surface area (Å²) in [5, 5.41) is 3.50. The Morgan fingerprint density at radius 2 is 1.59 bits per heavy atom. The van der Waals surface area contributed by atoms with Gasteiger partial charge in [-0.3, -0.25) is 0 Å². The Labute approximate surface area is 172 Å². The molecule has 0 bridgehead atoms. The predicted molar refractivity (Wildman–Crippen MR) is 117 cm³/mol. The van der Waals surface area contributed by atoms with Gasteiger partial charge in [-0.2, -0.15) is 0 Å². The van der Waals surface area contributed by atoms with Gasteiger partial charge in [0.2, 0.25) is 0 Å². The van der Waals surface area contributed by atoms with E-state index in [4.69, 9.17) is 13.3 Å². The summed E-state index contributed by atoms with van der Waals surface area (Å²) < 4.78 is 17.7. The lowest BCUT2D eigenvalue weighted by molar-refractivity contribution is 0.0708. The summed E-state index contributed by atoms with van der Waals surface area (Å²) in [6.45, 7) is 15.5. The van der Waals surface area contributed by atoms with Gasteiger partial charge in [0.25, 0.3) is 0 Å². The van der Waals surface area contributed by atoms with Crippen molar-refractivity contribution in [3.8, 4) is 0 Å². The van der Waals surface area contributed by atoms with E-state index in [1.807, 2.05) is 33.0 Å². The monoisotopic (exact) mass is 416 g/mol. The van der Waals surface area contributed by atoms with Crippen LogP contribution in [0.25, 0.3) is 0 Å². The van der Waals surface area contributed by atoms with Gasteiger partial charge >= 0.3 is 8.80 Å². The van der Waals surface area contributed by atoms with E-state index in [1.165, 1.54) is 5.56 Å². The Balaban J connectivity index is 0.00000676. The van der Waals surface area contributed by atoms with E-state index in [0.29, 0.717) is 19.8 Å². The van der Waals surface area contributed by atoms with E-state index in [-0.39, 0.29) is 12.4 Å². The standard InChI is InChI=1S/C20H36N2O3Si.ClH/c1-5-22(19-20-13-10-9-11-14-20)17-16-21-15-12-18-26(23-6-2,24-7-3)25-8-4;/h5,9-11,13-14,21H,1,6-8,12,15-19H2,2-4H3;1H. The molecular formula is C20H37ClN2O3Si. The van der Waals surface area contributed by atoms with Crippen LogP contribution in [0.15, 0.2) is 43.1 Å². The van der Waals surface area contributed by atoms with E-state index >= 15 is 0 Å². The van der Waals surface area contributed by atoms with Crippen LogP contribution in [-0.2, 0) is 19.8 Å². The molecule has 0 saturated carbocycles. The summed E-state index contributed by atoms with van der Waals surface area (Å²) in [6, 6.07) is 11.3. The highest BCUT2D eigenvalue weighted by Crippen LogP contribution is 2.17. The SMILES string of the molecule is C=CN(CCNCCC[Si](OCC)(OCC)OCC)Cc1ccccc1.Cl. The maximum Gasteiger partial charge on any atom is 0.500 e. The molecule has 27 heavy (non-hydrogen) atoms. The first-order valence-electron chi connectivity index (χ1n) is 9.72. The number of hydrogen-bond donors (Lipinski definition) is 1. The number of hydrogen-bond acceptors (Lipinski definition) is 5. The lowest BCUT2D eigenvalue weighted by atomic mass is 10.2. The van der Waals surface area contributed by atoms with Crippen molar-refractivity contribution in [2.24, 2.45) is 0 Å². The molecule has 0 unspecified atom stereocenters. The molecule has 0 aliphatic carbocycles. The zero-order valence-corrected chi connectivity index (χ0v) is 18.9. The maximum atomic E-state index is 5.88. The van der Waals surface area contributed by atoms with Crippen molar-refractivity contribution in [3.63, 3.8) is 0 Å². The summed E-state index contributed by atoms with van der Waals surface area (Å²) in [4.78, 5) is 2.22. The smallest absolute Gasteiger partial charge is 0.374 e. The van der Waals surface area contributed by atoms with Gasteiger partial charge in [0.05, 0.1) is 0 Å². The molecule has 0 radical (unpaired) electrons. The molecular weight excluding hydrogens is 380 g/mol. The molecule has 0 fully saturated rings. The highest BCUT2D eigenvalue weighted by molar-refractivity contribution is 6.60. The highest BCUT2D eigenvalue weighted by atomic mass is 35.5. The van der Waals surface area contributed by atoms with Gasteiger partial charge in [-0.15, -0.1) is 12.4 Å². The minimum Gasteiger partial charge on any atom is -0.374 e. The predicted octanol–water partition coefficient (Wildman–Crippen LogP) is 4.08. The molecule has 7 heteroatoms. The van der Waals surface area contributed by atoms with Gasteiger partial charge in [-0.05, 0) is 45.5 Å². The first kappa shape index (κ1) is 26.1. The number of halogens is 1. The van der Waals surface area contributed by atoms with Crippen molar-refractivity contribution in [1.29, 1.82) is 0 Å². The van der Waals surface area contributed by atoms with E-state index < -0.39 is 8.80 Å². The van der Waals surface area contributed by atoms with Crippen LogP contribution in [0.1, 0.15) is 32.8 Å². The minimum absolute atomic E-state index is 0. The molecule has 0 saturated heterocycles. The molecule has 0 atom stereocenters. The molecule has 1 rings (SSSR count). The summed E-state index contributed by atoms with van der Waals surface area (Å²) in [6.07, 6.45) is 2.89. The summed E-state index contributed by atoms with van der Waals surface area (Å²) in [7, 11) is -2.50. The molecule has 1 aromatic rings. The molecule has 0 aromatic heterocycles. The number of rotatable bonds is 16. The molecule has 1 aromatic carbocycles. The van der Waals surface area contributed by atoms with E-state index in [1.54, 1.807) is 0 Å². The molecule has 0 aliphatic rings. The second kappa shape index (κ2) is 16.1. The van der Waals surface area contributed by atoms with Gasteiger partial charge in [-0.25, -0.2) is 0 Å². The van der Waals surface area contributed by atoms with Crippen LogP contribution in [0.4, 0.5) is 0 Å². The Hall–Kier alpha value is -0.893. The molecule has 1 N–H and O–H groups in total. The van der Waals surface area contributed by atoms with Crippen LogP contribution < -0.4 is 5.32 Å². The maximum absolute atomic E-state index is 5.88. The molecule has 5 nitrogen and oxygen atoms in total. The second-order valence-electron chi connectivity index (χ2n) is 5.97. The first-order chi connectivity index (χ1) is 12.7. The topological polar surface area (TPSA) is 43.0 Å². The third kappa shape index (κ3) is 10.9. The Bertz CT molecular complexity index is 463. The third-order valence-electron chi connectivity index (χ3n) is 3.99. The average molecular weight is 417 g/mol. The third-order valence-corrected chi connectivity index (χ3v) is 7.14. The van der Waals surface area contributed by atoms with Gasteiger partial charge in [-0.1, -0.05) is 36.9 Å². The molecule has 0 heterocycles. The Kier molecular flexibility index (Phi) is 15.6. The Morgan fingerprint density at radius 1 is 1.00 bits per heavy atom. The summed E-state index contributed by atoms with van der Waals surface area (Å²) >= 11 is 0. The van der Waals surface area contributed by atoms with E-state index in [9.17, 15) is 0 Å². The fraction of sp³-hybridized carbons (Fsp3) is 0.600. The highest BCUT2D eigenvalue weighted by Gasteiger charge is 2.39. The molecule has 0 aliphatic heterocycles. The van der Waals surface area contributed by atoms with E-state index in [2.05, 4.69) is 41.1 Å². The number of nitrogens with zero attached hydrogens (tertiary/aromatic N) is 1. The van der Waals surface area contributed by atoms with Crippen LogP contribution in [0.2, 0.25) is 6.04 Å². The van der Waals surface area contributed by atoms with Crippen LogP contribution in [-0.4, -0.2) is 53.2 Å². The quantitative estimate of drug-likeness (QED) is 0.325. The molecule has 0 amide bonds. The van der Waals surface area contributed by atoms with Crippen molar-refractivity contribution >= 4 is 21.2 Å². The van der Waals surface area contributed by atoms with Crippen LogP contribution >= 0.6 is 12.4 Å². The van der Waals surface area contributed by atoms with Gasteiger partial charge < -0.3 is 23.5 Å². The number of nitrogens with one attached hydrogen (secondary N) is 1. The van der Waals surface area contributed by atoms with Crippen molar-refractivity contribution in [3.05, 3.63) is 48.7 Å². The zero-order valence-electron chi connectivity index (χ0n) is 17.1. The first-order valence-corrected chi connectivity index (χ1v) is 11.7. The fourth-order valence-electron chi connectivity index (χ4n) is 2.83. The minimum atomic E-state index is -2.50. The van der Waals surface area contributed by atoms with Crippen LogP contribution in [0, 0.1) is 0 Å². The fourth-order valence-corrected chi connectivity index (χ4v) is 5.44. The second-order valence-corrected chi connectivity index (χ2v) is 8.71. The lowest BCUT2D eigenvalue weighted by Gasteiger charge is -2.28. The summed E-state index contributed by atoms with van der Waals surface area (Å²) in [5.41, 5.74) is 1.30. The average Bonchev–Trinajstić information content (AvgIpc) is 2.65. The zero-order chi connectivity index (χ0) is 19.1. The molecule has 156 valence electrons. The van der Waals surface area contributed by atoms with Crippen molar-refractivity contribution in [1.82, 2.24) is 10.2 Å². The molecule has 0 spiro atoms. The Morgan fingerprint density at radius 3 is 2.11 bits per heavy atom. The van der Waals surface area contributed by atoms with Crippen LogP contribution in [0.5, 0.6) is 0 Å². The normalized spacial score (nSPS) is 11.1.